The summed E-state index contributed by atoms with van der Waals surface area (Å²) in [4.78, 5) is 22.3. The van der Waals surface area contributed by atoms with Crippen LogP contribution >= 0.6 is 0 Å². The van der Waals surface area contributed by atoms with Crippen molar-refractivity contribution < 1.29 is 33.3 Å². The fourth-order valence-electron chi connectivity index (χ4n) is 2.50. The van der Waals surface area contributed by atoms with Crippen LogP contribution in [0.5, 0.6) is 0 Å². The molecule has 0 amide bonds. The molecule has 0 spiro atoms. The lowest BCUT2D eigenvalue weighted by Crippen LogP contribution is -2.47. The van der Waals surface area contributed by atoms with Gasteiger partial charge in [-0.15, -0.1) is 0 Å². The topological polar surface area (TPSA) is 80.3 Å². The quantitative estimate of drug-likeness (QED) is 0.720. The Morgan fingerprint density at radius 3 is 1.67 bits per heavy atom. The van der Waals surface area contributed by atoms with Crippen molar-refractivity contribution in [2.75, 3.05) is 13.2 Å². The van der Waals surface area contributed by atoms with Crippen LogP contribution in [0.1, 0.15) is 39.5 Å². The number of carbonyl (C=O) groups is 2. The summed E-state index contributed by atoms with van der Waals surface area (Å²) in [6.07, 6.45) is 0.657. The fraction of sp³-hybridized carbons (Fsp3) is 0.857. The Kier molecular flexibility index (Phi) is 5.96. The van der Waals surface area contributed by atoms with Crippen molar-refractivity contribution in [1.82, 2.24) is 0 Å². The largest absolute Gasteiger partial charge is 0.457 e. The average molecular weight is 302 g/mol. The minimum atomic E-state index is -0.691. The van der Waals surface area contributed by atoms with E-state index in [4.69, 9.17) is 23.7 Å². The van der Waals surface area contributed by atoms with Gasteiger partial charge in [0.05, 0.1) is 13.2 Å². The highest BCUT2D eigenvalue weighted by Gasteiger charge is 2.37. The Balaban J connectivity index is 1.95. The lowest BCUT2D eigenvalue weighted by atomic mass is 10.1. The molecular weight excluding hydrogens is 280 g/mol. The molecule has 21 heavy (non-hydrogen) atoms. The molecule has 120 valence electrons. The molecule has 0 aromatic heterocycles. The van der Waals surface area contributed by atoms with Gasteiger partial charge >= 0.3 is 11.9 Å². The maximum atomic E-state index is 11.1. The molecule has 4 unspecified atom stereocenters. The van der Waals surface area contributed by atoms with E-state index in [1.165, 1.54) is 13.8 Å². The maximum Gasteiger partial charge on any atom is 0.303 e. The molecule has 7 nitrogen and oxygen atoms in total. The van der Waals surface area contributed by atoms with Crippen LogP contribution in [0.3, 0.4) is 0 Å². The molecule has 4 atom stereocenters. The molecule has 2 aliphatic heterocycles. The smallest absolute Gasteiger partial charge is 0.303 e. The summed E-state index contributed by atoms with van der Waals surface area (Å²) in [5, 5.41) is 0. The standard InChI is InChI=1S/C14H22O7/c1-9(15)19-11-5-3-7-17-13(11)21-14-12(20-10(2)16)6-4-8-18-14/h11-14H,3-8H2,1-2H3. The maximum absolute atomic E-state index is 11.1. The van der Waals surface area contributed by atoms with Crippen LogP contribution in [-0.2, 0) is 33.3 Å². The van der Waals surface area contributed by atoms with Crippen molar-refractivity contribution >= 4 is 11.9 Å². The van der Waals surface area contributed by atoms with Gasteiger partial charge in [0.15, 0.2) is 24.8 Å². The highest BCUT2D eigenvalue weighted by molar-refractivity contribution is 5.66. The van der Waals surface area contributed by atoms with Crippen molar-refractivity contribution in [1.29, 1.82) is 0 Å². The first-order chi connectivity index (χ1) is 10.1. The number of rotatable bonds is 4. The van der Waals surface area contributed by atoms with E-state index in [1.807, 2.05) is 0 Å². The van der Waals surface area contributed by atoms with Gasteiger partial charge in [0, 0.05) is 13.8 Å². The van der Waals surface area contributed by atoms with Crippen molar-refractivity contribution in [2.45, 2.75) is 64.3 Å². The molecule has 0 bridgehead atoms. The van der Waals surface area contributed by atoms with Gasteiger partial charge in [0.1, 0.15) is 0 Å². The number of esters is 2. The molecule has 7 heteroatoms. The zero-order chi connectivity index (χ0) is 15.2. The second-order valence-electron chi connectivity index (χ2n) is 5.19. The molecule has 2 heterocycles. The van der Waals surface area contributed by atoms with E-state index in [0.29, 0.717) is 26.1 Å². The van der Waals surface area contributed by atoms with Crippen molar-refractivity contribution in [3.05, 3.63) is 0 Å². The zero-order valence-electron chi connectivity index (χ0n) is 12.4. The van der Waals surface area contributed by atoms with E-state index in [2.05, 4.69) is 0 Å². The summed E-state index contributed by atoms with van der Waals surface area (Å²) in [5.74, 6) is -0.750. The molecule has 2 fully saturated rings. The van der Waals surface area contributed by atoms with Crippen molar-refractivity contribution in [3.8, 4) is 0 Å². The monoisotopic (exact) mass is 302 g/mol. The SMILES string of the molecule is CC(=O)OC1CCCOC1OC1OCCCC1OC(C)=O. The first-order valence-electron chi connectivity index (χ1n) is 7.29. The summed E-state index contributed by atoms with van der Waals surface area (Å²) in [6, 6.07) is 0. The summed E-state index contributed by atoms with van der Waals surface area (Å²) in [7, 11) is 0. The third-order valence-corrected chi connectivity index (χ3v) is 3.34. The zero-order valence-corrected chi connectivity index (χ0v) is 12.4. The minimum absolute atomic E-state index is 0.375. The van der Waals surface area contributed by atoms with Crippen molar-refractivity contribution in [2.24, 2.45) is 0 Å². The molecule has 2 aliphatic rings. The van der Waals surface area contributed by atoms with E-state index in [0.717, 1.165) is 12.8 Å². The number of ether oxygens (including phenoxy) is 5. The van der Waals surface area contributed by atoms with Gasteiger partial charge in [0.2, 0.25) is 0 Å². The number of hydrogen-bond acceptors (Lipinski definition) is 7. The molecule has 0 saturated carbocycles. The lowest BCUT2D eigenvalue weighted by molar-refractivity contribution is -0.314. The van der Waals surface area contributed by atoms with Gasteiger partial charge in [-0.3, -0.25) is 9.59 Å². The third-order valence-electron chi connectivity index (χ3n) is 3.34. The highest BCUT2D eigenvalue weighted by atomic mass is 16.8. The van der Waals surface area contributed by atoms with Crippen LogP contribution in [0.25, 0.3) is 0 Å². The average Bonchev–Trinajstić information content (AvgIpc) is 2.42. The highest BCUT2D eigenvalue weighted by Crippen LogP contribution is 2.25. The van der Waals surface area contributed by atoms with Crippen LogP contribution < -0.4 is 0 Å². The van der Waals surface area contributed by atoms with Gasteiger partial charge in [-0.2, -0.15) is 0 Å². The molecule has 0 radical (unpaired) electrons. The molecule has 2 rings (SSSR count). The van der Waals surface area contributed by atoms with Crippen molar-refractivity contribution in [3.63, 3.8) is 0 Å². The molecule has 0 aromatic rings. The summed E-state index contributed by atoms with van der Waals surface area (Å²) < 4.78 is 27.2. The first kappa shape index (κ1) is 16.2. The van der Waals surface area contributed by atoms with Crippen LogP contribution in [0, 0.1) is 0 Å². The fourth-order valence-corrected chi connectivity index (χ4v) is 2.50. The van der Waals surface area contributed by atoms with Gasteiger partial charge in [-0.05, 0) is 25.7 Å². The molecule has 2 saturated heterocycles. The molecular formula is C14H22O7. The van der Waals surface area contributed by atoms with Gasteiger partial charge in [-0.1, -0.05) is 0 Å². The Morgan fingerprint density at radius 2 is 1.29 bits per heavy atom. The Hall–Kier alpha value is -1.18. The second kappa shape index (κ2) is 7.72. The predicted octanol–water partition coefficient (Wildman–Crippen LogP) is 1.14. The molecule has 0 aromatic carbocycles. The van der Waals surface area contributed by atoms with E-state index in [-0.39, 0.29) is 11.9 Å². The number of hydrogen-bond donors (Lipinski definition) is 0. The van der Waals surface area contributed by atoms with E-state index in [9.17, 15) is 9.59 Å². The molecule has 0 N–H and O–H groups in total. The Labute approximate surface area is 123 Å². The first-order valence-corrected chi connectivity index (χ1v) is 7.29. The van der Waals surface area contributed by atoms with Crippen LogP contribution in [0.4, 0.5) is 0 Å². The van der Waals surface area contributed by atoms with E-state index in [1.54, 1.807) is 0 Å². The predicted molar refractivity (Wildman–Crippen MR) is 70.1 cm³/mol. The molecule has 0 aliphatic carbocycles. The third kappa shape index (κ3) is 4.94. The lowest BCUT2D eigenvalue weighted by Gasteiger charge is -2.37. The normalized spacial score (nSPS) is 33.2. The Bertz CT molecular complexity index is 336. The minimum Gasteiger partial charge on any atom is -0.457 e. The van der Waals surface area contributed by atoms with Gasteiger partial charge < -0.3 is 23.7 Å². The van der Waals surface area contributed by atoms with E-state index >= 15 is 0 Å². The van der Waals surface area contributed by atoms with Gasteiger partial charge in [-0.25, -0.2) is 0 Å². The summed E-state index contributed by atoms with van der Waals surface area (Å²) >= 11 is 0. The summed E-state index contributed by atoms with van der Waals surface area (Å²) in [5.41, 5.74) is 0. The van der Waals surface area contributed by atoms with E-state index < -0.39 is 24.8 Å². The second-order valence-corrected chi connectivity index (χ2v) is 5.19. The number of carbonyl (C=O) groups excluding carboxylic acids is 2. The van der Waals surface area contributed by atoms with Gasteiger partial charge in [0.25, 0.3) is 0 Å². The summed E-state index contributed by atoms with van der Waals surface area (Å²) in [6.45, 7) is 3.77. The Morgan fingerprint density at radius 1 is 0.857 bits per heavy atom. The van der Waals surface area contributed by atoms with Crippen LogP contribution in [-0.4, -0.2) is 49.9 Å². The van der Waals surface area contributed by atoms with Crippen LogP contribution in [0.15, 0.2) is 0 Å². The van der Waals surface area contributed by atoms with Crippen LogP contribution in [0.2, 0.25) is 0 Å².